The van der Waals surface area contributed by atoms with Gasteiger partial charge >= 0.3 is 0 Å². The van der Waals surface area contributed by atoms with E-state index in [0.717, 1.165) is 11.3 Å². The van der Waals surface area contributed by atoms with Crippen molar-refractivity contribution in [2.24, 2.45) is 0 Å². The largest absolute Gasteiger partial charge is 0.496 e. The van der Waals surface area contributed by atoms with Crippen molar-refractivity contribution in [2.45, 2.75) is 19.1 Å². The van der Waals surface area contributed by atoms with Crippen molar-refractivity contribution in [1.29, 1.82) is 0 Å². The summed E-state index contributed by atoms with van der Waals surface area (Å²) < 4.78 is 16.6. The third-order valence-corrected chi connectivity index (χ3v) is 3.77. The fourth-order valence-electron chi connectivity index (χ4n) is 2.56. The summed E-state index contributed by atoms with van der Waals surface area (Å²) in [4.78, 5) is 12.4. The van der Waals surface area contributed by atoms with Crippen LogP contribution in [0.4, 0.5) is 0 Å². The highest BCUT2D eigenvalue weighted by Crippen LogP contribution is 2.31. The van der Waals surface area contributed by atoms with Gasteiger partial charge in [0.2, 0.25) is 6.10 Å². The van der Waals surface area contributed by atoms with Crippen molar-refractivity contribution >= 4 is 5.91 Å². The van der Waals surface area contributed by atoms with E-state index in [0.29, 0.717) is 11.5 Å². The second kappa shape index (κ2) is 6.60. The maximum absolute atomic E-state index is 12.4. The predicted octanol–water partition coefficient (Wildman–Crippen LogP) is 2.71. The summed E-state index contributed by atoms with van der Waals surface area (Å²) in [5.74, 6) is 1.78. The molecule has 23 heavy (non-hydrogen) atoms. The molecule has 0 saturated carbocycles. The number of benzene rings is 2. The summed E-state index contributed by atoms with van der Waals surface area (Å²) in [6.07, 6.45) is -0.665. The molecule has 0 aromatic heterocycles. The van der Waals surface area contributed by atoms with Gasteiger partial charge in [-0.05, 0) is 25.1 Å². The summed E-state index contributed by atoms with van der Waals surface area (Å²) in [6.45, 7) is 2.11. The lowest BCUT2D eigenvalue weighted by atomic mass is 10.1. The first kappa shape index (κ1) is 15.2. The van der Waals surface area contributed by atoms with Crippen LogP contribution in [0.15, 0.2) is 48.5 Å². The average Bonchev–Trinajstić information content (AvgIpc) is 2.61. The lowest BCUT2D eigenvalue weighted by molar-refractivity contribution is -0.131. The van der Waals surface area contributed by atoms with Gasteiger partial charge in [0.25, 0.3) is 5.91 Å². The molecular formula is C18H19NO4. The van der Waals surface area contributed by atoms with Gasteiger partial charge in [-0.1, -0.05) is 30.3 Å². The van der Waals surface area contributed by atoms with Crippen LogP contribution >= 0.6 is 0 Å². The molecule has 1 heterocycles. The van der Waals surface area contributed by atoms with Crippen molar-refractivity contribution in [3.63, 3.8) is 0 Å². The fourth-order valence-corrected chi connectivity index (χ4v) is 2.56. The molecule has 2 atom stereocenters. The van der Waals surface area contributed by atoms with Crippen molar-refractivity contribution < 1.29 is 19.0 Å². The summed E-state index contributed by atoms with van der Waals surface area (Å²) >= 11 is 0. The molecule has 0 spiro atoms. The molecule has 0 radical (unpaired) electrons. The first-order valence-corrected chi connectivity index (χ1v) is 7.51. The highest BCUT2D eigenvalue weighted by Gasteiger charge is 2.28. The summed E-state index contributed by atoms with van der Waals surface area (Å²) in [6, 6.07) is 14.7. The van der Waals surface area contributed by atoms with Crippen molar-refractivity contribution in [2.75, 3.05) is 13.7 Å². The van der Waals surface area contributed by atoms with E-state index in [1.807, 2.05) is 49.4 Å². The van der Waals surface area contributed by atoms with Crippen LogP contribution in [0.5, 0.6) is 17.2 Å². The van der Waals surface area contributed by atoms with Gasteiger partial charge in [-0.2, -0.15) is 0 Å². The maximum Gasteiger partial charge on any atom is 0.265 e. The number of carbonyl (C=O) groups excluding carboxylic acids is 1. The predicted molar refractivity (Wildman–Crippen MR) is 85.9 cm³/mol. The Labute approximate surface area is 135 Å². The molecule has 1 amide bonds. The quantitative estimate of drug-likeness (QED) is 0.943. The zero-order chi connectivity index (χ0) is 16.2. The lowest BCUT2D eigenvalue weighted by Gasteiger charge is -2.27. The lowest BCUT2D eigenvalue weighted by Crippen LogP contribution is -2.44. The molecule has 1 N–H and O–H groups in total. The van der Waals surface area contributed by atoms with Crippen molar-refractivity contribution in [1.82, 2.24) is 5.32 Å². The zero-order valence-electron chi connectivity index (χ0n) is 13.1. The molecule has 2 aromatic rings. The van der Waals surface area contributed by atoms with Gasteiger partial charge < -0.3 is 19.5 Å². The van der Waals surface area contributed by atoms with Crippen LogP contribution in [0.25, 0.3) is 0 Å². The third kappa shape index (κ3) is 3.23. The number of hydrogen-bond acceptors (Lipinski definition) is 4. The minimum Gasteiger partial charge on any atom is -0.496 e. The van der Waals surface area contributed by atoms with Crippen molar-refractivity contribution in [3.8, 4) is 17.2 Å². The number of carbonyl (C=O) groups is 1. The summed E-state index contributed by atoms with van der Waals surface area (Å²) in [5.41, 5.74) is 0.917. The molecule has 1 aliphatic heterocycles. The van der Waals surface area contributed by atoms with Crippen molar-refractivity contribution in [3.05, 3.63) is 54.1 Å². The first-order valence-electron chi connectivity index (χ1n) is 7.51. The van der Waals surface area contributed by atoms with Crippen LogP contribution in [0.1, 0.15) is 18.5 Å². The maximum atomic E-state index is 12.4. The van der Waals surface area contributed by atoms with Gasteiger partial charge in [0.1, 0.15) is 12.4 Å². The van der Waals surface area contributed by atoms with Crippen LogP contribution < -0.4 is 19.5 Å². The molecule has 1 aliphatic rings. The van der Waals surface area contributed by atoms with E-state index in [4.69, 9.17) is 14.2 Å². The molecule has 0 bridgehead atoms. The van der Waals surface area contributed by atoms with E-state index in [1.165, 1.54) is 0 Å². The molecule has 0 fully saturated rings. The van der Waals surface area contributed by atoms with Gasteiger partial charge in [-0.25, -0.2) is 0 Å². The van der Waals surface area contributed by atoms with Gasteiger partial charge in [-0.3, -0.25) is 4.79 Å². The number of hydrogen-bond donors (Lipinski definition) is 1. The Bertz CT molecular complexity index is 701. The first-order chi connectivity index (χ1) is 11.2. The van der Waals surface area contributed by atoms with E-state index in [2.05, 4.69) is 5.32 Å². The van der Waals surface area contributed by atoms with Crippen LogP contribution in [0.2, 0.25) is 0 Å². The minimum atomic E-state index is -0.665. The monoisotopic (exact) mass is 313 g/mol. The van der Waals surface area contributed by atoms with Gasteiger partial charge in [-0.15, -0.1) is 0 Å². The number of methoxy groups -OCH3 is 1. The Morgan fingerprint density at radius 1 is 1.17 bits per heavy atom. The number of fused-ring (bicyclic) bond motifs is 1. The van der Waals surface area contributed by atoms with Crippen LogP contribution in [0.3, 0.4) is 0 Å². The van der Waals surface area contributed by atoms with Crippen LogP contribution in [-0.4, -0.2) is 25.7 Å². The minimum absolute atomic E-state index is 0.195. The molecule has 3 rings (SSSR count). The standard InChI is InChI=1S/C18H19NO4/c1-12(13-7-3-4-8-14(13)21-2)19-18(20)17-11-22-15-9-5-6-10-16(15)23-17/h3-10,12,17H,11H2,1-2H3,(H,19,20)/t12-,17+/m1/s1. The highest BCUT2D eigenvalue weighted by atomic mass is 16.6. The molecule has 0 saturated heterocycles. The second-order valence-electron chi connectivity index (χ2n) is 5.34. The van der Waals surface area contributed by atoms with E-state index < -0.39 is 6.10 Å². The SMILES string of the molecule is COc1ccccc1[C@@H](C)NC(=O)[C@@H]1COc2ccccc2O1. The number of ether oxygens (including phenoxy) is 3. The number of rotatable bonds is 4. The molecule has 5 heteroatoms. The molecule has 0 unspecified atom stereocenters. The molecule has 120 valence electrons. The normalized spacial score (nSPS) is 17.2. The van der Waals surface area contributed by atoms with Crippen LogP contribution in [-0.2, 0) is 4.79 Å². The smallest absolute Gasteiger partial charge is 0.265 e. The Balaban J connectivity index is 1.68. The number of para-hydroxylation sites is 3. The van der Waals surface area contributed by atoms with E-state index in [9.17, 15) is 4.79 Å². The Kier molecular flexibility index (Phi) is 4.37. The second-order valence-corrected chi connectivity index (χ2v) is 5.34. The average molecular weight is 313 g/mol. The van der Waals surface area contributed by atoms with Gasteiger partial charge in [0.05, 0.1) is 13.2 Å². The summed E-state index contributed by atoms with van der Waals surface area (Å²) in [7, 11) is 1.61. The van der Waals surface area contributed by atoms with Gasteiger partial charge in [0, 0.05) is 5.56 Å². The number of nitrogens with one attached hydrogen (secondary N) is 1. The molecule has 2 aromatic carbocycles. The van der Waals surface area contributed by atoms with E-state index in [1.54, 1.807) is 13.2 Å². The van der Waals surface area contributed by atoms with Crippen LogP contribution in [0, 0.1) is 0 Å². The topological polar surface area (TPSA) is 56.8 Å². The highest BCUT2D eigenvalue weighted by molar-refractivity contribution is 5.82. The molecule has 0 aliphatic carbocycles. The summed E-state index contributed by atoms with van der Waals surface area (Å²) in [5, 5.41) is 2.95. The third-order valence-electron chi connectivity index (χ3n) is 3.77. The molecular weight excluding hydrogens is 294 g/mol. The Morgan fingerprint density at radius 3 is 2.65 bits per heavy atom. The zero-order valence-corrected chi connectivity index (χ0v) is 13.1. The van der Waals surface area contributed by atoms with E-state index in [-0.39, 0.29) is 18.6 Å². The fraction of sp³-hybridized carbons (Fsp3) is 0.278. The Morgan fingerprint density at radius 2 is 1.87 bits per heavy atom. The Hall–Kier alpha value is -2.69. The number of amides is 1. The van der Waals surface area contributed by atoms with Gasteiger partial charge in [0.15, 0.2) is 11.5 Å². The molecule has 5 nitrogen and oxygen atoms in total. The van der Waals surface area contributed by atoms with E-state index >= 15 is 0 Å².